The van der Waals surface area contributed by atoms with Gasteiger partial charge in [-0.1, -0.05) is 73.6 Å². The Hall–Kier alpha value is -2.60. The summed E-state index contributed by atoms with van der Waals surface area (Å²) in [7, 11) is 0. The van der Waals surface area contributed by atoms with E-state index in [9.17, 15) is 0 Å². The summed E-state index contributed by atoms with van der Waals surface area (Å²) in [5.41, 5.74) is 4.28. The molecule has 28 heavy (non-hydrogen) atoms. The molecule has 3 heterocycles. The van der Waals surface area contributed by atoms with Crippen LogP contribution in [0.1, 0.15) is 55.4 Å². The number of H-pyrrole nitrogens is 1. The molecule has 0 aliphatic carbocycles. The number of thiophene rings is 1. The first-order valence-electron chi connectivity index (χ1n) is 10.2. The predicted molar refractivity (Wildman–Crippen MR) is 125 cm³/mol. The molecule has 150 valence electrons. The molecule has 2 aromatic carbocycles. The zero-order valence-corrected chi connectivity index (χ0v) is 19.0. The van der Waals surface area contributed by atoms with Crippen molar-refractivity contribution in [2.24, 2.45) is 0 Å². The summed E-state index contributed by atoms with van der Waals surface area (Å²) >= 11 is 1.67. The zero-order chi connectivity index (χ0) is 21.1. The van der Waals surface area contributed by atoms with Crippen LogP contribution in [0.25, 0.3) is 42.5 Å². The monoisotopic (exact) mass is 397 g/mol. The number of aromatic nitrogens is 5. The van der Waals surface area contributed by atoms with Crippen LogP contribution in [-0.2, 0) is 0 Å². The number of nitrogens with zero attached hydrogens (tertiary/aromatic N) is 4. The van der Waals surface area contributed by atoms with Gasteiger partial charge in [0.15, 0.2) is 0 Å². The van der Waals surface area contributed by atoms with Crippen LogP contribution < -0.4 is 0 Å². The first kappa shape index (κ1) is 23.4. The number of nitrogens with one attached hydrogen (secondary N) is 1. The maximum atomic E-state index is 4.76. The van der Waals surface area contributed by atoms with E-state index in [-0.39, 0.29) is 0 Å². The molecule has 0 bridgehead atoms. The van der Waals surface area contributed by atoms with E-state index in [1.165, 1.54) is 4.70 Å². The minimum atomic E-state index is 0.811. The highest BCUT2D eigenvalue weighted by atomic mass is 32.1. The highest BCUT2D eigenvalue weighted by Gasteiger charge is 2.10. The fraction of sp³-hybridized carbons (Fsp3) is 0.364. The van der Waals surface area contributed by atoms with Crippen LogP contribution in [0.4, 0.5) is 0 Å². The molecule has 0 aliphatic heterocycles. The highest BCUT2D eigenvalue weighted by Crippen LogP contribution is 2.32. The largest absolute Gasteiger partial charge is 0.243 e. The molecule has 5 nitrogen and oxygen atoms in total. The lowest BCUT2D eigenvalue weighted by Gasteiger charge is -1.97. The van der Waals surface area contributed by atoms with E-state index in [0.717, 1.165) is 37.8 Å². The minimum Gasteiger partial charge on any atom is -0.243 e. The number of benzene rings is 2. The van der Waals surface area contributed by atoms with E-state index in [4.69, 9.17) is 9.97 Å². The van der Waals surface area contributed by atoms with E-state index in [1.54, 1.807) is 11.3 Å². The van der Waals surface area contributed by atoms with Crippen molar-refractivity contribution in [3.05, 3.63) is 36.4 Å². The molecule has 6 heteroatoms. The molecular formula is C22H31N5S. The van der Waals surface area contributed by atoms with Crippen LogP contribution in [0.5, 0.6) is 0 Å². The molecule has 0 aliphatic rings. The average molecular weight is 398 g/mol. The van der Waals surface area contributed by atoms with Crippen molar-refractivity contribution >= 4 is 53.8 Å². The topological polar surface area (TPSA) is 67.3 Å². The van der Waals surface area contributed by atoms with Crippen molar-refractivity contribution in [3.8, 4) is 0 Å². The van der Waals surface area contributed by atoms with Gasteiger partial charge in [-0.25, -0.2) is 9.97 Å². The molecule has 0 unspecified atom stereocenters. The smallest absolute Gasteiger partial charge is 0.143 e. The lowest BCUT2D eigenvalue weighted by molar-refractivity contribution is 0.959. The van der Waals surface area contributed by atoms with Gasteiger partial charge in [-0.15, -0.1) is 11.3 Å². The van der Waals surface area contributed by atoms with Gasteiger partial charge in [0, 0.05) is 10.1 Å². The summed E-state index contributed by atoms with van der Waals surface area (Å²) in [5.74, 6) is 0. The summed E-state index contributed by atoms with van der Waals surface area (Å²) in [6.07, 6.45) is 0. The summed E-state index contributed by atoms with van der Waals surface area (Å²) in [6.45, 7) is 16.0. The Morgan fingerprint density at radius 1 is 0.679 bits per heavy atom. The van der Waals surface area contributed by atoms with Gasteiger partial charge < -0.3 is 0 Å². The number of rotatable bonds is 0. The van der Waals surface area contributed by atoms with Crippen LogP contribution in [0.2, 0.25) is 0 Å². The normalized spacial score (nSPS) is 9.43. The molecule has 3 aromatic heterocycles. The maximum absolute atomic E-state index is 4.76. The molecule has 0 saturated heterocycles. The lowest BCUT2D eigenvalue weighted by Crippen LogP contribution is -1.84. The maximum Gasteiger partial charge on any atom is 0.143 e. The Kier molecular flexibility index (Phi) is 10.0. The Morgan fingerprint density at radius 3 is 1.82 bits per heavy atom. The van der Waals surface area contributed by atoms with Crippen molar-refractivity contribution in [2.45, 2.75) is 55.4 Å². The van der Waals surface area contributed by atoms with Crippen molar-refractivity contribution in [1.82, 2.24) is 25.4 Å². The number of hydrogen-bond acceptors (Lipinski definition) is 5. The van der Waals surface area contributed by atoms with Gasteiger partial charge in [0.1, 0.15) is 21.4 Å². The third-order valence-electron chi connectivity index (χ3n) is 3.42. The van der Waals surface area contributed by atoms with Gasteiger partial charge in [0.25, 0.3) is 0 Å². The van der Waals surface area contributed by atoms with Crippen molar-refractivity contribution in [3.63, 3.8) is 0 Å². The van der Waals surface area contributed by atoms with E-state index in [0.29, 0.717) is 0 Å². The second kappa shape index (κ2) is 12.0. The molecule has 5 rings (SSSR count). The molecule has 0 radical (unpaired) electrons. The van der Waals surface area contributed by atoms with Crippen LogP contribution in [-0.4, -0.2) is 25.4 Å². The van der Waals surface area contributed by atoms with Crippen LogP contribution >= 0.6 is 11.3 Å². The molecule has 1 N–H and O–H groups in total. The summed E-state index contributed by atoms with van der Waals surface area (Å²) < 4.78 is 1.21. The molecule has 5 aromatic rings. The van der Waals surface area contributed by atoms with Gasteiger partial charge in [0.2, 0.25) is 0 Å². The predicted octanol–water partition coefficient (Wildman–Crippen LogP) is 7.37. The average Bonchev–Trinajstić information content (AvgIpc) is 3.39. The number of fused-ring (bicyclic) bond motifs is 5. The van der Waals surface area contributed by atoms with Crippen LogP contribution in [0.15, 0.2) is 36.4 Å². The third kappa shape index (κ3) is 4.62. The van der Waals surface area contributed by atoms with Gasteiger partial charge in [-0.2, -0.15) is 15.4 Å². The molecule has 0 saturated carbocycles. The fourth-order valence-corrected chi connectivity index (χ4v) is 3.50. The van der Waals surface area contributed by atoms with Crippen LogP contribution in [0, 0.1) is 0 Å². The van der Waals surface area contributed by atoms with E-state index >= 15 is 0 Å². The highest BCUT2D eigenvalue weighted by molar-refractivity contribution is 7.25. The van der Waals surface area contributed by atoms with Crippen LogP contribution in [0.3, 0.4) is 0 Å². The molecular weight excluding hydrogens is 366 g/mol. The Bertz CT molecular complexity index is 1110. The minimum absolute atomic E-state index is 0.811. The summed E-state index contributed by atoms with van der Waals surface area (Å²) in [5, 5.41) is 12.0. The van der Waals surface area contributed by atoms with Gasteiger partial charge in [-0.05, 0) is 18.2 Å². The van der Waals surface area contributed by atoms with Gasteiger partial charge in [0.05, 0.1) is 11.0 Å². The van der Waals surface area contributed by atoms with E-state index in [1.807, 2.05) is 79.7 Å². The van der Waals surface area contributed by atoms with Gasteiger partial charge >= 0.3 is 0 Å². The second-order valence-corrected chi connectivity index (χ2v) is 5.66. The summed E-state index contributed by atoms with van der Waals surface area (Å²) in [4.78, 5) is 10.4. The zero-order valence-electron chi connectivity index (χ0n) is 18.2. The second-order valence-electron chi connectivity index (χ2n) is 4.63. The quantitative estimate of drug-likeness (QED) is 0.296. The Balaban J connectivity index is 0.000000442. The Labute approximate surface area is 171 Å². The standard InChI is InChI=1S/C14H7N5S.4C2H6/c1-2-4-12-7(3-1)13-14(20-12)16-9-6-11-10(17-19-18-11)5-8(9)15-13;4*1-2/h1-6H,(H,17,18,19);4*1-2H3. The number of hydrogen-bond donors (Lipinski definition) is 1. The first-order chi connectivity index (χ1) is 13.9. The summed E-state index contributed by atoms with van der Waals surface area (Å²) in [6, 6.07) is 12.1. The van der Waals surface area contributed by atoms with Crippen molar-refractivity contribution < 1.29 is 0 Å². The van der Waals surface area contributed by atoms with E-state index < -0.39 is 0 Å². The van der Waals surface area contributed by atoms with Crippen molar-refractivity contribution in [2.75, 3.05) is 0 Å². The SMILES string of the molecule is CC.CC.CC.CC.c1ccc2c(c1)sc1nc3cc4n[nH]nc4cc3nc12. The van der Waals surface area contributed by atoms with Gasteiger partial charge in [-0.3, -0.25) is 0 Å². The van der Waals surface area contributed by atoms with Crippen molar-refractivity contribution in [1.29, 1.82) is 0 Å². The molecule has 0 amide bonds. The first-order valence-corrected chi connectivity index (χ1v) is 11.0. The Morgan fingerprint density at radius 2 is 1.21 bits per heavy atom. The molecule has 0 spiro atoms. The number of aromatic amines is 1. The molecule has 0 fully saturated rings. The van der Waals surface area contributed by atoms with E-state index in [2.05, 4.69) is 27.5 Å². The fourth-order valence-electron chi connectivity index (χ4n) is 2.48. The molecule has 0 atom stereocenters. The lowest BCUT2D eigenvalue weighted by atomic mass is 10.2. The third-order valence-corrected chi connectivity index (χ3v) is 4.47.